The zero-order chi connectivity index (χ0) is 16.2. The summed E-state index contributed by atoms with van der Waals surface area (Å²) in [6.45, 7) is 0.988. The first-order chi connectivity index (χ1) is 11.2. The molecule has 5 nitrogen and oxygen atoms in total. The first-order valence-corrected chi connectivity index (χ1v) is 8.46. The largest absolute Gasteiger partial charge is 0.352 e. The molecule has 2 aromatic rings. The highest BCUT2D eigenvalue weighted by atomic mass is 32.1. The summed E-state index contributed by atoms with van der Waals surface area (Å²) >= 11 is 1.48. The lowest BCUT2D eigenvalue weighted by Crippen LogP contribution is -2.52. The molecule has 2 unspecified atom stereocenters. The molecule has 1 saturated heterocycles. The number of hydrogen-bond acceptors (Lipinski definition) is 4. The van der Waals surface area contributed by atoms with Crippen molar-refractivity contribution in [1.82, 2.24) is 10.2 Å². The highest BCUT2D eigenvalue weighted by Gasteiger charge is 2.35. The van der Waals surface area contributed by atoms with E-state index < -0.39 is 6.04 Å². The molecule has 2 amide bonds. The number of thiophene rings is 1. The van der Waals surface area contributed by atoms with Crippen LogP contribution in [0.3, 0.4) is 0 Å². The molecule has 2 atom stereocenters. The third kappa shape index (κ3) is 3.43. The van der Waals surface area contributed by atoms with Crippen molar-refractivity contribution in [2.45, 2.75) is 18.5 Å². The van der Waals surface area contributed by atoms with Crippen LogP contribution in [0, 0.1) is 0 Å². The van der Waals surface area contributed by atoms with Crippen molar-refractivity contribution < 1.29 is 9.59 Å². The molecule has 2 heterocycles. The number of carbonyl (C=O) groups excluding carboxylic acids is 2. The summed E-state index contributed by atoms with van der Waals surface area (Å²) in [6, 6.07) is 12.4. The Hall–Kier alpha value is -2.18. The Morgan fingerprint density at radius 1 is 1.30 bits per heavy atom. The number of rotatable bonds is 4. The summed E-state index contributed by atoms with van der Waals surface area (Å²) in [5.41, 5.74) is 7.08. The van der Waals surface area contributed by atoms with E-state index in [9.17, 15) is 9.59 Å². The first kappa shape index (κ1) is 15.7. The quantitative estimate of drug-likeness (QED) is 0.899. The van der Waals surface area contributed by atoms with Gasteiger partial charge in [-0.25, -0.2) is 0 Å². The second-order valence-electron chi connectivity index (χ2n) is 5.52. The predicted molar refractivity (Wildman–Crippen MR) is 89.8 cm³/mol. The Bertz CT molecular complexity index is 672. The van der Waals surface area contributed by atoms with Crippen molar-refractivity contribution in [2.75, 3.05) is 13.1 Å². The molecular weight excluding hydrogens is 310 g/mol. The average Bonchev–Trinajstić information content (AvgIpc) is 3.09. The minimum atomic E-state index is -0.542. The number of piperazine rings is 1. The molecule has 3 N–H and O–H groups in total. The molecule has 0 spiro atoms. The summed E-state index contributed by atoms with van der Waals surface area (Å²) < 4.78 is 0. The van der Waals surface area contributed by atoms with Crippen LogP contribution in [0.4, 0.5) is 0 Å². The second kappa shape index (κ2) is 6.93. The van der Waals surface area contributed by atoms with Crippen LogP contribution in [-0.4, -0.2) is 29.8 Å². The zero-order valence-corrected chi connectivity index (χ0v) is 13.5. The van der Waals surface area contributed by atoms with Crippen LogP contribution in [0.15, 0.2) is 47.8 Å². The van der Waals surface area contributed by atoms with Crippen LogP contribution in [0.25, 0.3) is 0 Å². The lowest BCUT2D eigenvalue weighted by Gasteiger charge is -2.35. The predicted octanol–water partition coefficient (Wildman–Crippen LogP) is 1.84. The highest BCUT2D eigenvalue weighted by Crippen LogP contribution is 2.28. The third-order valence-corrected chi connectivity index (χ3v) is 4.89. The smallest absolute Gasteiger partial charge is 0.248 e. The molecule has 0 aliphatic carbocycles. The van der Waals surface area contributed by atoms with Crippen LogP contribution in [0.5, 0.6) is 0 Å². The van der Waals surface area contributed by atoms with Gasteiger partial charge in [0.25, 0.3) is 0 Å². The molecule has 0 radical (unpaired) electrons. The minimum Gasteiger partial charge on any atom is -0.352 e. The SMILES string of the molecule is NC(CC(=O)N1CCNC(=O)C1c1cccs1)c1ccccc1. The van der Waals surface area contributed by atoms with E-state index >= 15 is 0 Å². The molecule has 23 heavy (non-hydrogen) atoms. The summed E-state index contributed by atoms with van der Waals surface area (Å²) in [6.07, 6.45) is 0.194. The van der Waals surface area contributed by atoms with Crippen LogP contribution >= 0.6 is 11.3 Å². The standard InChI is InChI=1S/C17H19N3O2S/c18-13(12-5-2-1-3-6-12)11-15(21)20-9-8-19-17(22)16(20)14-7-4-10-23-14/h1-7,10,13,16H,8-9,11,18H2,(H,19,22). The Morgan fingerprint density at radius 2 is 2.09 bits per heavy atom. The normalized spacial score (nSPS) is 19.3. The molecule has 1 aromatic carbocycles. The molecule has 120 valence electrons. The average molecular weight is 329 g/mol. The fraction of sp³-hybridized carbons (Fsp3) is 0.294. The number of hydrogen-bond donors (Lipinski definition) is 2. The van der Waals surface area contributed by atoms with Crippen molar-refractivity contribution >= 4 is 23.2 Å². The fourth-order valence-electron chi connectivity index (χ4n) is 2.79. The van der Waals surface area contributed by atoms with Gasteiger partial charge in [-0.3, -0.25) is 9.59 Å². The molecule has 3 rings (SSSR count). The van der Waals surface area contributed by atoms with Gasteiger partial charge in [-0.05, 0) is 17.0 Å². The lowest BCUT2D eigenvalue weighted by molar-refractivity contribution is -0.143. The van der Waals surface area contributed by atoms with Crippen molar-refractivity contribution in [3.63, 3.8) is 0 Å². The summed E-state index contributed by atoms with van der Waals surface area (Å²) in [7, 11) is 0. The molecule has 0 saturated carbocycles. The summed E-state index contributed by atoms with van der Waals surface area (Å²) in [5, 5.41) is 4.75. The van der Waals surface area contributed by atoms with E-state index in [1.165, 1.54) is 11.3 Å². The van der Waals surface area contributed by atoms with Crippen molar-refractivity contribution in [3.05, 3.63) is 58.3 Å². The van der Waals surface area contributed by atoms with Gasteiger partial charge < -0.3 is 16.0 Å². The monoisotopic (exact) mass is 329 g/mol. The van der Waals surface area contributed by atoms with Crippen molar-refractivity contribution in [2.24, 2.45) is 5.73 Å². The maximum atomic E-state index is 12.7. The second-order valence-corrected chi connectivity index (χ2v) is 6.50. The number of carbonyl (C=O) groups is 2. The molecule has 1 fully saturated rings. The van der Waals surface area contributed by atoms with Crippen LogP contribution in [-0.2, 0) is 9.59 Å². The Kier molecular flexibility index (Phi) is 4.73. The van der Waals surface area contributed by atoms with E-state index in [0.29, 0.717) is 13.1 Å². The fourth-order valence-corrected chi connectivity index (χ4v) is 3.62. The van der Waals surface area contributed by atoms with E-state index in [2.05, 4.69) is 5.32 Å². The van der Waals surface area contributed by atoms with E-state index in [1.807, 2.05) is 47.8 Å². The van der Waals surface area contributed by atoms with Gasteiger partial charge in [0.2, 0.25) is 11.8 Å². The summed E-state index contributed by atoms with van der Waals surface area (Å²) in [5.74, 6) is -0.213. The highest BCUT2D eigenvalue weighted by molar-refractivity contribution is 7.10. The minimum absolute atomic E-state index is 0.0883. The van der Waals surface area contributed by atoms with Crippen LogP contribution in [0.2, 0.25) is 0 Å². The van der Waals surface area contributed by atoms with Gasteiger partial charge in [-0.1, -0.05) is 36.4 Å². The van der Waals surface area contributed by atoms with Crippen molar-refractivity contribution in [3.8, 4) is 0 Å². The third-order valence-electron chi connectivity index (χ3n) is 3.97. The molecular formula is C17H19N3O2S. The van der Waals surface area contributed by atoms with Gasteiger partial charge >= 0.3 is 0 Å². The maximum Gasteiger partial charge on any atom is 0.248 e. The maximum absolute atomic E-state index is 12.7. The first-order valence-electron chi connectivity index (χ1n) is 7.58. The number of nitrogens with two attached hydrogens (primary N) is 1. The van der Waals surface area contributed by atoms with Gasteiger partial charge in [-0.2, -0.15) is 0 Å². The molecule has 1 aliphatic heterocycles. The van der Waals surface area contributed by atoms with E-state index in [1.54, 1.807) is 4.90 Å². The topological polar surface area (TPSA) is 75.4 Å². The Labute approximate surface area is 139 Å². The van der Waals surface area contributed by atoms with E-state index in [0.717, 1.165) is 10.4 Å². The Balaban J connectivity index is 1.75. The van der Waals surface area contributed by atoms with Crippen LogP contribution < -0.4 is 11.1 Å². The summed E-state index contributed by atoms with van der Waals surface area (Å²) in [4.78, 5) is 27.5. The number of nitrogens with zero attached hydrogens (tertiary/aromatic N) is 1. The molecule has 0 bridgehead atoms. The van der Waals surface area contributed by atoms with Crippen LogP contribution in [0.1, 0.15) is 28.9 Å². The lowest BCUT2D eigenvalue weighted by atomic mass is 10.0. The van der Waals surface area contributed by atoms with Gasteiger partial charge in [0.05, 0.1) is 0 Å². The van der Waals surface area contributed by atoms with Gasteiger partial charge in [-0.15, -0.1) is 11.3 Å². The molecule has 1 aliphatic rings. The number of amides is 2. The molecule has 6 heteroatoms. The van der Waals surface area contributed by atoms with Crippen molar-refractivity contribution in [1.29, 1.82) is 0 Å². The van der Waals surface area contributed by atoms with Gasteiger partial charge in [0.15, 0.2) is 0 Å². The van der Waals surface area contributed by atoms with Gasteiger partial charge in [0.1, 0.15) is 6.04 Å². The van der Waals surface area contributed by atoms with E-state index in [-0.39, 0.29) is 24.3 Å². The van der Waals surface area contributed by atoms with Gasteiger partial charge in [0, 0.05) is 30.4 Å². The number of benzene rings is 1. The Morgan fingerprint density at radius 3 is 2.78 bits per heavy atom. The zero-order valence-electron chi connectivity index (χ0n) is 12.6. The van der Waals surface area contributed by atoms with E-state index in [4.69, 9.17) is 5.73 Å². The molecule has 1 aromatic heterocycles. The number of nitrogens with one attached hydrogen (secondary N) is 1.